The molecule has 0 saturated heterocycles. The molecule has 1 aromatic carbocycles. The summed E-state index contributed by atoms with van der Waals surface area (Å²) < 4.78 is 31.7. The lowest BCUT2D eigenvalue weighted by atomic mass is 9.94. The van der Waals surface area contributed by atoms with Crippen molar-refractivity contribution in [3.05, 3.63) is 29.3 Å². The van der Waals surface area contributed by atoms with E-state index in [1.807, 2.05) is 19.9 Å². The zero-order valence-electron chi connectivity index (χ0n) is 17.0. The Labute approximate surface area is 161 Å². The van der Waals surface area contributed by atoms with Gasteiger partial charge in [0.2, 0.25) is 0 Å². The van der Waals surface area contributed by atoms with Crippen LogP contribution in [-0.4, -0.2) is 48.0 Å². The Morgan fingerprint density at radius 3 is 1.96 bits per heavy atom. The van der Waals surface area contributed by atoms with Crippen molar-refractivity contribution in [1.29, 1.82) is 0 Å². The van der Waals surface area contributed by atoms with Crippen molar-refractivity contribution in [2.24, 2.45) is 5.92 Å². The van der Waals surface area contributed by atoms with Crippen molar-refractivity contribution >= 4 is 5.97 Å². The van der Waals surface area contributed by atoms with Crippen molar-refractivity contribution in [2.75, 3.05) is 42.0 Å². The molecule has 1 rings (SSSR count). The molecular weight excluding hydrogens is 352 g/mol. The summed E-state index contributed by atoms with van der Waals surface area (Å²) in [6.07, 6.45) is 2.93. The minimum atomic E-state index is -0.381. The van der Waals surface area contributed by atoms with Crippen LogP contribution in [-0.2, 0) is 25.4 Å². The number of methoxy groups -OCH3 is 4. The monoisotopic (exact) mass is 382 g/mol. The third-order valence-corrected chi connectivity index (χ3v) is 3.84. The van der Waals surface area contributed by atoms with E-state index in [0.717, 1.165) is 11.1 Å². The van der Waals surface area contributed by atoms with E-state index < -0.39 is 0 Å². The van der Waals surface area contributed by atoms with Gasteiger partial charge in [-0.2, -0.15) is 0 Å². The van der Waals surface area contributed by atoms with E-state index >= 15 is 0 Å². The van der Waals surface area contributed by atoms with Gasteiger partial charge in [-0.25, -0.2) is 0 Å². The Morgan fingerprint density at radius 1 is 1.00 bits per heavy atom. The number of hydrogen-bond acceptors (Lipinski definition) is 7. The molecule has 152 valence electrons. The predicted molar refractivity (Wildman–Crippen MR) is 101 cm³/mol. The Balaban J connectivity index is 3.31. The highest BCUT2D eigenvalue weighted by atomic mass is 16.7. The molecule has 0 aliphatic heterocycles. The van der Waals surface area contributed by atoms with Crippen LogP contribution in [0.2, 0.25) is 0 Å². The fourth-order valence-electron chi connectivity index (χ4n) is 2.47. The van der Waals surface area contributed by atoms with Crippen LogP contribution in [0.25, 0.3) is 0 Å². The molecule has 27 heavy (non-hydrogen) atoms. The van der Waals surface area contributed by atoms with Gasteiger partial charge in [-0.15, -0.1) is 0 Å². The van der Waals surface area contributed by atoms with Crippen molar-refractivity contribution in [2.45, 2.75) is 26.7 Å². The summed E-state index contributed by atoms with van der Waals surface area (Å²) in [4.78, 5) is 12.3. The van der Waals surface area contributed by atoms with Gasteiger partial charge in [0, 0.05) is 31.9 Å². The first-order valence-corrected chi connectivity index (χ1v) is 8.62. The number of carbonyl (C=O) groups excluding carboxylic acids is 1. The molecule has 1 atom stereocenters. The SMILES string of the molecule is COCOc1cc(OC)cc(OCOC)c1CC(CC=C(C)C)C(=O)OC. The number of carbonyl (C=O) groups is 1. The largest absolute Gasteiger partial charge is 0.496 e. The Morgan fingerprint density at radius 2 is 1.56 bits per heavy atom. The Hall–Kier alpha value is -2.25. The molecule has 0 radical (unpaired) electrons. The van der Waals surface area contributed by atoms with Crippen LogP contribution in [0, 0.1) is 5.92 Å². The summed E-state index contributed by atoms with van der Waals surface area (Å²) >= 11 is 0. The molecule has 0 spiro atoms. The number of ether oxygens (including phenoxy) is 6. The molecular formula is C20H30O7. The number of benzene rings is 1. The van der Waals surface area contributed by atoms with Gasteiger partial charge in [-0.05, 0) is 26.7 Å². The minimum Gasteiger partial charge on any atom is -0.496 e. The Bertz CT molecular complexity index is 592. The summed E-state index contributed by atoms with van der Waals surface area (Å²) in [5, 5.41) is 0. The standard InChI is InChI=1S/C20H30O7/c1-14(2)7-8-15(20(21)25-6)9-17-18(26-12-22-3)10-16(24-5)11-19(17)27-13-23-4/h7,10-11,15H,8-9,12-13H2,1-6H3. The van der Waals surface area contributed by atoms with Crippen molar-refractivity contribution in [3.8, 4) is 17.2 Å². The molecule has 7 nitrogen and oxygen atoms in total. The van der Waals surface area contributed by atoms with Crippen molar-refractivity contribution in [1.82, 2.24) is 0 Å². The maximum absolute atomic E-state index is 12.3. The molecule has 0 aromatic heterocycles. The zero-order chi connectivity index (χ0) is 20.2. The third-order valence-electron chi connectivity index (χ3n) is 3.84. The second-order valence-corrected chi connectivity index (χ2v) is 6.15. The summed E-state index contributed by atoms with van der Waals surface area (Å²) in [6.45, 7) is 4.09. The lowest BCUT2D eigenvalue weighted by molar-refractivity contribution is -0.145. The maximum Gasteiger partial charge on any atom is 0.309 e. The molecule has 1 aromatic rings. The maximum atomic E-state index is 12.3. The number of hydrogen-bond donors (Lipinski definition) is 0. The fraction of sp³-hybridized carbons (Fsp3) is 0.550. The number of rotatable bonds is 12. The van der Waals surface area contributed by atoms with Crippen LogP contribution in [0.15, 0.2) is 23.8 Å². The summed E-state index contributed by atoms with van der Waals surface area (Å²) in [7, 11) is 6.01. The summed E-state index contributed by atoms with van der Waals surface area (Å²) in [5.74, 6) is 0.934. The first kappa shape index (κ1) is 22.8. The smallest absolute Gasteiger partial charge is 0.309 e. The van der Waals surface area contributed by atoms with Crippen LogP contribution in [0.5, 0.6) is 17.2 Å². The molecule has 0 amide bonds. The first-order valence-electron chi connectivity index (χ1n) is 8.62. The summed E-state index contributed by atoms with van der Waals surface area (Å²) in [5.41, 5.74) is 1.85. The molecule has 1 unspecified atom stereocenters. The molecule has 0 saturated carbocycles. The van der Waals surface area contributed by atoms with Crippen LogP contribution in [0.3, 0.4) is 0 Å². The van der Waals surface area contributed by atoms with Crippen molar-refractivity contribution in [3.63, 3.8) is 0 Å². The average molecular weight is 382 g/mol. The minimum absolute atomic E-state index is 0.0563. The highest BCUT2D eigenvalue weighted by molar-refractivity contribution is 5.73. The fourth-order valence-corrected chi connectivity index (χ4v) is 2.47. The van der Waals surface area contributed by atoms with E-state index in [0.29, 0.717) is 30.1 Å². The molecule has 0 aliphatic carbocycles. The van der Waals surface area contributed by atoms with Gasteiger partial charge in [0.15, 0.2) is 13.6 Å². The lowest BCUT2D eigenvalue weighted by Crippen LogP contribution is -2.19. The normalized spacial score (nSPS) is 11.5. The van der Waals surface area contributed by atoms with E-state index in [2.05, 4.69) is 0 Å². The Kier molecular flexibility index (Phi) is 10.3. The molecule has 7 heteroatoms. The van der Waals surface area contributed by atoms with Gasteiger partial charge in [0.25, 0.3) is 0 Å². The van der Waals surface area contributed by atoms with Gasteiger partial charge < -0.3 is 28.4 Å². The predicted octanol–water partition coefficient (Wildman–Crippen LogP) is 3.35. The second kappa shape index (κ2) is 12.2. The molecule has 0 heterocycles. The summed E-state index contributed by atoms with van der Waals surface area (Å²) in [6, 6.07) is 3.48. The van der Waals surface area contributed by atoms with E-state index in [1.54, 1.807) is 19.2 Å². The molecule has 0 bridgehead atoms. The number of allylic oxidation sites excluding steroid dienone is 2. The van der Waals surface area contributed by atoms with Gasteiger partial charge >= 0.3 is 5.97 Å². The quantitative estimate of drug-likeness (QED) is 0.312. The average Bonchev–Trinajstić information content (AvgIpc) is 2.67. The van der Waals surface area contributed by atoms with Gasteiger partial charge in [0.1, 0.15) is 17.2 Å². The van der Waals surface area contributed by atoms with E-state index in [-0.39, 0.29) is 25.5 Å². The first-order chi connectivity index (χ1) is 13.0. The van der Waals surface area contributed by atoms with Gasteiger partial charge in [-0.1, -0.05) is 11.6 Å². The zero-order valence-corrected chi connectivity index (χ0v) is 17.0. The van der Waals surface area contributed by atoms with Crippen LogP contribution >= 0.6 is 0 Å². The lowest BCUT2D eigenvalue weighted by Gasteiger charge is -2.20. The van der Waals surface area contributed by atoms with E-state index in [9.17, 15) is 4.79 Å². The van der Waals surface area contributed by atoms with Crippen molar-refractivity contribution < 1.29 is 33.2 Å². The van der Waals surface area contributed by atoms with Gasteiger partial charge in [0.05, 0.1) is 20.1 Å². The topological polar surface area (TPSA) is 72.5 Å². The molecule has 0 aliphatic rings. The van der Waals surface area contributed by atoms with E-state index in [1.165, 1.54) is 21.3 Å². The van der Waals surface area contributed by atoms with E-state index in [4.69, 9.17) is 28.4 Å². The van der Waals surface area contributed by atoms with Crippen LogP contribution < -0.4 is 14.2 Å². The molecule has 0 fully saturated rings. The second-order valence-electron chi connectivity index (χ2n) is 6.15. The van der Waals surface area contributed by atoms with Crippen LogP contribution in [0.4, 0.5) is 0 Å². The highest BCUT2D eigenvalue weighted by Crippen LogP contribution is 2.37. The van der Waals surface area contributed by atoms with Gasteiger partial charge in [-0.3, -0.25) is 4.79 Å². The van der Waals surface area contributed by atoms with Crippen LogP contribution in [0.1, 0.15) is 25.8 Å². The third kappa shape index (κ3) is 7.48. The highest BCUT2D eigenvalue weighted by Gasteiger charge is 2.24. The molecule has 0 N–H and O–H groups in total. The number of esters is 1.